The minimum absolute atomic E-state index is 0.0550. The molecule has 0 spiro atoms. The van der Waals surface area contributed by atoms with Gasteiger partial charge in [0.15, 0.2) is 5.75 Å². The predicted molar refractivity (Wildman–Crippen MR) is 76.5 cm³/mol. The largest absolute Gasteiger partial charge is 0.482 e. The molecule has 20 heavy (non-hydrogen) atoms. The van der Waals surface area contributed by atoms with E-state index in [1.54, 1.807) is 12.1 Å². The first-order chi connectivity index (χ1) is 9.60. The fraction of sp³-hybridized carbons (Fsp3) is 0.200. The third-order valence-electron chi connectivity index (χ3n) is 2.93. The van der Waals surface area contributed by atoms with E-state index in [1.165, 1.54) is 6.07 Å². The normalized spacial score (nSPS) is 10.3. The Morgan fingerprint density at radius 3 is 2.65 bits per heavy atom. The van der Waals surface area contributed by atoms with Gasteiger partial charge >= 0.3 is 5.69 Å². The Morgan fingerprint density at radius 2 is 2.00 bits per heavy atom. The molecule has 0 aliphatic heterocycles. The van der Waals surface area contributed by atoms with Crippen LogP contribution >= 0.6 is 0 Å². The van der Waals surface area contributed by atoms with E-state index in [4.69, 9.17) is 10.5 Å². The first-order valence-electron chi connectivity index (χ1n) is 6.26. The molecule has 0 saturated heterocycles. The van der Waals surface area contributed by atoms with Crippen LogP contribution in [0.5, 0.6) is 5.75 Å². The molecule has 2 aromatic rings. The Hall–Kier alpha value is -2.40. The van der Waals surface area contributed by atoms with E-state index in [-0.39, 0.29) is 18.0 Å². The summed E-state index contributed by atoms with van der Waals surface area (Å²) in [7, 11) is 0. The van der Waals surface area contributed by atoms with Crippen molar-refractivity contribution in [1.82, 2.24) is 0 Å². The second kappa shape index (κ2) is 6.16. The SMILES string of the molecule is Cc1cccc(COc2ccc(CN)cc2[N+](=O)[O-])c1. The van der Waals surface area contributed by atoms with Crippen LogP contribution in [0.3, 0.4) is 0 Å². The van der Waals surface area contributed by atoms with Gasteiger partial charge < -0.3 is 10.5 Å². The van der Waals surface area contributed by atoms with Crippen LogP contribution in [-0.2, 0) is 13.2 Å². The van der Waals surface area contributed by atoms with Crippen LogP contribution in [0.1, 0.15) is 16.7 Å². The summed E-state index contributed by atoms with van der Waals surface area (Å²) in [6, 6.07) is 12.6. The van der Waals surface area contributed by atoms with Gasteiger partial charge in [0, 0.05) is 12.6 Å². The van der Waals surface area contributed by atoms with Crippen LogP contribution in [-0.4, -0.2) is 4.92 Å². The van der Waals surface area contributed by atoms with Crippen molar-refractivity contribution < 1.29 is 9.66 Å². The second-order valence-corrected chi connectivity index (χ2v) is 4.54. The van der Waals surface area contributed by atoms with Crippen LogP contribution in [0.15, 0.2) is 42.5 Å². The molecule has 0 aromatic heterocycles. The molecule has 5 nitrogen and oxygen atoms in total. The van der Waals surface area contributed by atoms with Crippen molar-refractivity contribution >= 4 is 5.69 Å². The van der Waals surface area contributed by atoms with Crippen molar-refractivity contribution in [3.05, 3.63) is 69.3 Å². The number of ether oxygens (including phenoxy) is 1. The molecule has 2 aromatic carbocycles. The molecule has 2 N–H and O–H groups in total. The molecule has 2 rings (SSSR count). The van der Waals surface area contributed by atoms with Gasteiger partial charge in [-0.25, -0.2) is 0 Å². The summed E-state index contributed by atoms with van der Waals surface area (Å²) < 4.78 is 5.56. The van der Waals surface area contributed by atoms with Crippen molar-refractivity contribution in [2.45, 2.75) is 20.1 Å². The summed E-state index contributed by atoms with van der Waals surface area (Å²) in [5.74, 6) is 0.258. The molecule has 0 fully saturated rings. The molecular formula is C15H16N2O3. The maximum Gasteiger partial charge on any atom is 0.311 e. The minimum atomic E-state index is -0.454. The number of nitrogens with zero attached hydrogens (tertiary/aromatic N) is 1. The predicted octanol–water partition coefficient (Wildman–Crippen LogP) is 2.94. The van der Waals surface area contributed by atoms with Crippen molar-refractivity contribution in [1.29, 1.82) is 0 Å². The fourth-order valence-corrected chi connectivity index (χ4v) is 1.92. The molecule has 0 heterocycles. The number of benzene rings is 2. The van der Waals surface area contributed by atoms with E-state index < -0.39 is 4.92 Å². The second-order valence-electron chi connectivity index (χ2n) is 4.54. The van der Waals surface area contributed by atoms with E-state index in [0.717, 1.165) is 11.1 Å². The summed E-state index contributed by atoms with van der Waals surface area (Å²) in [5.41, 5.74) is 8.24. The Labute approximate surface area is 117 Å². The number of nitro benzene ring substituents is 1. The summed E-state index contributed by atoms with van der Waals surface area (Å²) in [5, 5.41) is 11.0. The van der Waals surface area contributed by atoms with Crippen molar-refractivity contribution in [2.24, 2.45) is 5.73 Å². The lowest BCUT2D eigenvalue weighted by Crippen LogP contribution is -2.02. The van der Waals surface area contributed by atoms with Gasteiger partial charge in [-0.1, -0.05) is 35.9 Å². The number of hydrogen-bond donors (Lipinski definition) is 1. The Balaban J connectivity index is 2.18. The maximum absolute atomic E-state index is 11.0. The van der Waals surface area contributed by atoms with Crippen molar-refractivity contribution in [2.75, 3.05) is 0 Å². The summed E-state index contributed by atoms with van der Waals surface area (Å²) in [6.07, 6.45) is 0. The van der Waals surface area contributed by atoms with Gasteiger partial charge in [-0.05, 0) is 24.1 Å². The van der Waals surface area contributed by atoms with Crippen molar-refractivity contribution in [3.63, 3.8) is 0 Å². The number of nitrogens with two attached hydrogens (primary N) is 1. The smallest absolute Gasteiger partial charge is 0.311 e. The molecule has 5 heteroatoms. The summed E-state index contributed by atoms with van der Waals surface area (Å²) in [4.78, 5) is 10.6. The van der Waals surface area contributed by atoms with Gasteiger partial charge in [0.25, 0.3) is 0 Å². The zero-order chi connectivity index (χ0) is 14.5. The molecule has 0 unspecified atom stereocenters. The molecular weight excluding hydrogens is 256 g/mol. The van der Waals surface area contributed by atoms with Crippen LogP contribution < -0.4 is 10.5 Å². The highest BCUT2D eigenvalue weighted by Gasteiger charge is 2.15. The maximum atomic E-state index is 11.0. The lowest BCUT2D eigenvalue weighted by Gasteiger charge is -2.08. The van der Waals surface area contributed by atoms with Crippen molar-refractivity contribution in [3.8, 4) is 5.75 Å². The molecule has 0 aliphatic rings. The van der Waals surface area contributed by atoms with Gasteiger partial charge in [-0.2, -0.15) is 0 Å². The Bertz CT molecular complexity index is 626. The van der Waals surface area contributed by atoms with Crippen LogP contribution in [0.2, 0.25) is 0 Å². The van der Waals surface area contributed by atoms with Crippen LogP contribution in [0.4, 0.5) is 5.69 Å². The van der Waals surface area contributed by atoms with Gasteiger partial charge in [0.05, 0.1) is 4.92 Å². The van der Waals surface area contributed by atoms with E-state index in [1.807, 2.05) is 31.2 Å². The Morgan fingerprint density at radius 1 is 1.20 bits per heavy atom. The lowest BCUT2D eigenvalue weighted by molar-refractivity contribution is -0.386. The topological polar surface area (TPSA) is 78.4 Å². The molecule has 104 valence electrons. The lowest BCUT2D eigenvalue weighted by atomic mass is 10.1. The highest BCUT2D eigenvalue weighted by atomic mass is 16.6. The van der Waals surface area contributed by atoms with E-state index in [0.29, 0.717) is 12.2 Å². The van der Waals surface area contributed by atoms with E-state index in [2.05, 4.69) is 0 Å². The van der Waals surface area contributed by atoms with Gasteiger partial charge in [-0.3, -0.25) is 10.1 Å². The van der Waals surface area contributed by atoms with Crippen LogP contribution in [0, 0.1) is 17.0 Å². The highest BCUT2D eigenvalue weighted by molar-refractivity contribution is 5.48. The number of aryl methyl sites for hydroxylation is 1. The van der Waals surface area contributed by atoms with E-state index >= 15 is 0 Å². The summed E-state index contributed by atoms with van der Waals surface area (Å²) >= 11 is 0. The standard InChI is InChI=1S/C15H16N2O3/c1-11-3-2-4-13(7-11)10-20-15-6-5-12(9-16)8-14(15)17(18)19/h2-8H,9-10,16H2,1H3. The molecule has 0 amide bonds. The molecule has 0 saturated carbocycles. The average molecular weight is 272 g/mol. The molecule has 0 atom stereocenters. The molecule has 0 bridgehead atoms. The highest BCUT2D eigenvalue weighted by Crippen LogP contribution is 2.28. The van der Waals surface area contributed by atoms with E-state index in [9.17, 15) is 10.1 Å². The monoisotopic (exact) mass is 272 g/mol. The fourth-order valence-electron chi connectivity index (χ4n) is 1.92. The van der Waals surface area contributed by atoms with Gasteiger partial charge in [-0.15, -0.1) is 0 Å². The first kappa shape index (κ1) is 14.0. The van der Waals surface area contributed by atoms with Gasteiger partial charge in [0.2, 0.25) is 0 Å². The third-order valence-corrected chi connectivity index (χ3v) is 2.93. The number of rotatable bonds is 5. The molecule has 0 radical (unpaired) electrons. The quantitative estimate of drug-likeness (QED) is 0.670. The first-order valence-corrected chi connectivity index (χ1v) is 6.26. The Kier molecular flexibility index (Phi) is 4.32. The number of hydrogen-bond acceptors (Lipinski definition) is 4. The zero-order valence-corrected chi connectivity index (χ0v) is 11.2. The number of nitro groups is 1. The third kappa shape index (κ3) is 3.33. The average Bonchev–Trinajstić information content (AvgIpc) is 2.45. The summed E-state index contributed by atoms with van der Waals surface area (Å²) in [6.45, 7) is 2.55. The van der Waals surface area contributed by atoms with Crippen LogP contribution in [0.25, 0.3) is 0 Å². The zero-order valence-electron chi connectivity index (χ0n) is 11.2. The minimum Gasteiger partial charge on any atom is -0.482 e. The molecule has 0 aliphatic carbocycles. The van der Waals surface area contributed by atoms with Gasteiger partial charge in [0.1, 0.15) is 6.61 Å².